The minimum atomic E-state index is -4.41. The molecule has 0 aliphatic rings. The van der Waals surface area contributed by atoms with Gasteiger partial charge in [0.2, 0.25) is 0 Å². The lowest BCUT2D eigenvalue weighted by molar-refractivity contribution is -0.138. The molecule has 0 aliphatic heterocycles. The van der Waals surface area contributed by atoms with E-state index in [-0.39, 0.29) is 23.0 Å². The fraction of sp³-hybridized carbons (Fsp3) is 0.500. The summed E-state index contributed by atoms with van der Waals surface area (Å²) in [5.74, 6) is 0. The molecular weight excluding hydrogens is 286 g/mol. The Hall–Kier alpha value is -0.450. The minimum Gasteiger partial charge on any atom is -0.324 e. The molecule has 0 heterocycles. The molecule has 0 fully saturated rings. The van der Waals surface area contributed by atoms with Crippen LogP contribution in [-0.2, 0) is 6.18 Å². The van der Waals surface area contributed by atoms with Crippen LogP contribution >= 0.6 is 24.0 Å². The van der Waals surface area contributed by atoms with E-state index < -0.39 is 17.8 Å². The molecule has 0 saturated carbocycles. The van der Waals surface area contributed by atoms with Crippen molar-refractivity contribution in [2.45, 2.75) is 38.4 Å². The van der Waals surface area contributed by atoms with Crippen molar-refractivity contribution in [3.05, 3.63) is 34.3 Å². The van der Waals surface area contributed by atoms with Crippen molar-refractivity contribution in [2.75, 3.05) is 0 Å². The lowest BCUT2D eigenvalue weighted by atomic mass is 9.96. The molecule has 6 heteroatoms. The van der Waals surface area contributed by atoms with Crippen molar-refractivity contribution < 1.29 is 13.2 Å². The molecule has 1 rings (SSSR count). The minimum absolute atomic E-state index is 0. The highest BCUT2D eigenvalue weighted by molar-refractivity contribution is 6.31. The summed E-state index contributed by atoms with van der Waals surface area (Å²) in [5, 5.41) is 0.0865. The largest absolute Gasteiger partial charge is 0.416 e. The van der Waals surface area contributed by atoms with Gasteiger partial charge in [-0.25, -0.2) is 0 Å². The second-order valence-electron chi connectivity index (χ2n) is 3.95. The zero-order valence-corrected chi connectivity index (χ0v) is 11.5. The van der Waals surface area contributed by atoms with Gasteiger partial charge in [0.1, 0.15) is 0 Å². The smallest absolute Gasteiger partial charge is 0.324 e. The van der Waals surface area contributed by atoms with Crippen molar-refractivity contribution >= 4 is 24.0 Å². The first-order valence-electron chi connectivity index (χ1n) is 5.49. The monoisotopic (exact) mass is 301 g/mol. The molecule has 0 amide bonds. The normalized spacial score (nSPS) is 13.0. The lowest BCUT2D eigenvalue weighted by Gasteiger charge is -2.19. The molecule has 1 nitrogen and oxygen atoms in total. The van der Waals surface area contributed by atoms with Crippen LogP contribution in [0.5, 0.6) is 0 Å². The van der Waals surface area contributed by atoms with Crippen LogP contribution in [0.1, 0.15) is 43.4 Å². The van der Waals surface area contributed by atoms with Gasteiger partial charge < -0.3 is 5.73 Å². The van der Waals surface area contributed by atoms with Gasteiger partial charge in [-0.2, -0.15) is 13.2 Å². The van der Waals surface area contributed by atoms with E-state index in [4.69, 9.17) is 17.3 Å². The predicted molar refractivity (Wildman–Crippen MR) is 70.2 cm³/mol. The van der Waals surface area contributed by atoms with Gasteiger partial charge in [0.25, 0.3) is 0 Å². The maximum Gasteiger partial charge on any atom is 0.416 e. The summed E-state index contributed by atoms with van der Waals surface area (Å²) in [5.41, 5.74) is 5.08. The van der Waals surface area contributed by atoms with Crippen molar-refractivity contribution in [3.63, 3.8) is 0 Å². The molecular formula is C12H16Cl2F3N. The van der Waals surface area contributed by atoms with Crippen molar-refractivity contribution in [3.8, 4) is 0 Å². The Morgan fingerprint density at radius 1 is 1.33 bits per heavy atom. The third kappa shape index (κ3) is 4.34. The number of nitrogens with two attached hydrogens (primary N) is 1. The fourth-order valence-electron chi connectivity index (χ4n) is 1.73. The molecule has 1 aromatic rings. The molecule has 0 radical (unpaired) electrons. The van der Waals surface area contributed by atoms with Crippen molar-refractivity contribution in [1.82, 2.24) is 0 Å². The van der Waals surface area contributed by atoms with Gasteiger partial charge in [0.15, 0.2) is 0 Å². The van der Waals surface area contributed by atoms with Crippen molar-refractivity contribution in [2.24, 2.45) is 5.73 Å². The van der Waals surface area contributed by atoms with E-state index in [1.54, 1.807) is 0 Å². The van der Waals surface area contributed by atoms with Crippen LogP contribution < -0.4 is 5.73 Å². The van der Waals surface area contributed by atoms with Crippen LogP contribution in [0, 0.1) is 0 Å². The number of hydrogen-bond donors (Lipinski definition) is 1. The van der Waals surface area contributed by atoms with E-state index in [9.17, 15) is 13.2 Å². The van der Waals surface area contributed by atoms with Crippen LogP contribution in [0.4, 0.5) is 13.2 Å². The summed E-state index contributed by atoms with van der Waals surface area (Å²) in [6.45, 7) is 1.96. The van der Waals surface area contributed by atoms with E-state index >= 15 is 0 Å². The van der Waals surface area contributed by atoms with E-state index in [2.05, 4.69) is 0 Å². The summed E-state index contributed by atoms with van der Waals surface area (Å²) >= 11 is 5.83. The molecule has 0 bridgehead atoms. The van der Waals surface area contributed by atoms with Crippen LogP contribution in [0.2, 0.25) is 5.02 Å². The Morgan fingerprint density at radius 3 is 2.44 bits per heavy atom. The second-order valence-corrected chi connectivity index (χ2v) is 4.35. The SMILES string of the molecule is CCCC[C@H](N)c1c(Cl)cccc1C(F)(F)F.Cl. The van der Waals surface area contributed by atoms with E-state index in [1.165, 1.54) is 12.1 Å². The molecule has 0 saturated heterocycles. The molecule has 0 spiro atoms. The molecule has 104 valence electrons. The van der Waals surface area contributed by atoms with Crippen LogP contribution in [-0.4, -0.2) is 0 Å². The van der Waals surface area contributed by atoms with Crippen LogP contribution in [0.25, 0.3) is 0 Å². The molecule has 0 aromatic heterocycles. The van der Waals surface area contributed by atoms with Crippen LogP contribution in [0.15, 0.2) is 18.2 Å². The van der Waals surface area contributed by atoms with Gasteiger partial charge >= 0.3 is 6.18 Å². The molecule has 0 unspecified atom stereocenters. The zero-order chi connectivity index (χ0) is 13.1. The molecule has 18 heavy (non-hydrogen) atoms. The summed E-state index contributed by atoms with van der Waals surface area (Å²) in [4.78, 5) is 0. The fourth-order valence-corrected chi connectivity index (χ4v) is 2.04. The number of alkyl halides is 3. The van der Waals surface area contributed by atoms with Gasteiger partial charge in [0, 0.05) is 11.1 Å². The Balaban J connectivity index is 0.00000289. The van der Waals surface area contributed by atoms with E-state index in [0.717, 1.165) is 18.9 Å². The highest BCUT2D eigenvalue weighted by Gasteiger charge is 2.35. The number of hydrogen-bond acceptors (Lipinski definition) is 1. The van der Waals surface area contributed by atoms with Crippen LogP contribution in [0.3, 0.4) is 0 Å². The Labute approximate surface area is 116 Å². The van der Waals surface area contributed by atoms with Gasteiger partial charge in [-0.3, -0.25) is 0 Å². The molecule has 1 atom stereocenters. The maximum absolute atomic E-state index is 12.8. The Kier molecular flexibility index (Phi) is 7.04. The number of rotatable bonds is 4. The Morgan fingerprint density at radius 2 is 1.94 bits per heavy atom. The first-order chi connectivity index (χ1) is 7.88. The summed E-state index contributed by atoms with van der Waals surface area (Å²) in [7, 11) is 0. The molecule has 1 aromatic carbocycles. The first kappa shape index (κ1) is 17.6. The predicted octanol–water partition coefficient (Wildman–Crippen LogP) is 4.97. The third-order valence-corrected chi connectivity index (χ3v) is 2.93. The summed E-state index contributed by atoms with van der Waals surface area (Å²) in [6.07, 6.45) is -2.24. The van der Waals surface area contributed by atoms with Gasteiger partial charge in [-0.1, -0.05) is 37.4 Å². The number of halogens is 5. The number of benzene rings is 1. The average molecular weight is 302 g/mol. The standard InChI is InChI=1S/C12H15ClF3N.ClH/c1-2-3-7-10(17)11-8(12(14,15)16)5-4-6-9(11)13;/h4-6,10H,2-3,7,17H2,1H3;1H/t10-;/m0./s1. The van der Waals surface area contributed by atoms with Gasteiger partial charge in [-0.15, -0.1) is 12.4 Å². The topological polar surface area (TPSA) is 26.0 Å². The first-order valence-corrected chi connectivity index (χ1v) is 5.87. The van der Waals surface area contributed by atoms with Gasteiger partial charge in [-0.05, 0) is 24.1 Å². The summed E-state index contributed by atoms with van der Waals surface area (Å²) in [6, 6.07) is 3.09. The van der Waals surface area contributed by atoms with Crippen molar-refractivity contribution in [1.29, 1.82) is 0 Å². The summed E-state index contributed by atoms with van der Waals surface area (Å²) < 4.78 is 38.4. The zero-order valence-electron chi connectivity index (χ0n) is 9.93. The highest BCUT2D eigenvalue weighted by atomic mass is 35.5. The quantitative estimate of drug-likeness (QED) is 0.835. The molecule has 0 aliphatic carbocycles. The lowest BCUT2D eigenvalue weighted by Crippen LogP contribution is -2.18. The average Bonchev–Trinajstić information content (AvgIpc) is 2.24. The molecule has 2 N–H and O–H groups in total. The van der Waals surface area contributed by atoms with E-state index in [0.29, 0.717) is 6.42 Å². The van der Waals surface area contributed by atoms with Gasteiger partial charge in [0.05, 0.1) is 5.56 Å². The highest BCUT2D eigenvalue weighted by Crippen LogP contribution is 2.38. The maximum atomic E-state index is 12.8. The third-order valence-electron chi connectivity index (χ3n) is 2.60. The Bertz CT molecular complexity index is 380. The van der Waals surface area contributed by atoms with E-state index in [1.807, 2.05) is 6.92 Å². The number of unbranched alkanes of at least 4 members (excludes halogenated alkanes) is 1. The second kappa shape index (κ2) is 7.22.